The molecule has 2 aromatic carbocycles. The molecular formula is C29H34N4O4S2. The third kappa shape index (κ3) is 7.14. The zero-order valence-electron chi connectivity index (χ0n) is 21.8. The van der Waals surface area contributed by atoms with E-state index in [9.17, 15) is 13.2 Å². The predicted molar refractivity (Wildman–Crippen MR) is 156 cm³/mol. The number of aromatic nitrogens is 1. The molecule has 1 fully saturated rings. The van der Waals surface area contributed by atoms with Gasteiger partial charge in [-0.15, -0.1) is 11.3 Å². The van der Waals surface area contributed by atoms with Gasteiger partial charge in [-0.3, -0.25) is 4.79 Å². The number of fused-ring (bicyclic) bond motifs is 1. The first-order chi connectivity index (χ1) is 19.0. The zero-order valence-corrected chi connectivity index (χ0v) is 23.5. The van der Waals surface area contributed by atoms with Crippen molar-refractivity contribution in [3.63, 3.8) is 0 Å². The lowest BCUT2D eigenvalue weighted by Gasteiger charge is -2.27. The number of nitrogens with one attached hydrogen (secondary N) is 2. The van der Waals surface area contributed by atoms with Crippen LogP contribution < -0.4 is 20.3 Å². The van der Waals surface area contributed by atoms with E-state index in [1.165, 1.54) is 30.6 Å². The van der Waals surface area contributed by atoms with Gasteiger partial charge in [-0.05, 0) is 73.1 Å². The van der Waals surface area contributed by atoms with Gasteiger partial charge in [0.15, 0.2) is 0 Å². The van der Waals surface area contributed by atoms with Crippen LogP contribution in [0.3, 0.4) is 0 Å². The Morgan fingerprint density at radius 1 is 0.872 bits per heavy atom. The average Bonchev–Trinajstić information content (AvgIpc) is 3.50. The molecule has 0 atom stereocenters. The number of benzene rings is 2. The van der Waals surface area contributed by atoms with E-state index in [-0.39, 0.29) is 12.1 Å². The number of thiophene rings is 1. The molecule has 1 aliphatic rings. The minimum atomic E-state index is -3.50. The molecule has 3 heterocycles. The molecule has 0 bridgehead atoms. The lowest BCUT2D eigenvalue weighted by molar-refractivity contribution is 0.221. The van der Waals surface area contributed by atoms with E-state index in [1.54, 1.807) is 17.5 Å². The Balaban J connectivity index is 1.32. The number of hydrogen-bond donors (Lipinski definition) is 2. The molecule has 1 saturated heterocycles. The summed E-state index contributed by atoms with van der Waals surface area (Å²) in [6, 6.07) is 20.7. The van der Waals surface area contributed by atoms with Crippen LogP contribution in [0.2, 0.25) is 0 Å². The van der Waals surface area contributed by atoms with Crippen LogP contribution in [0, 0.1) is 0 Å². The van der Waals surface area contributed by atoms with Crippen LogP contribution in [0.1, 0.15) is 24.8 Å². The topological polar surface area (TPSA) is 92.7 Å². The standard InChI is InChI=1S/C29H34N4O4S2/c34-29-24(22-30-13-14-31-39(35,36)28-10-7-19-38-28)20-23-11-12-26(37-25-8-3-1-4-9-25)21-27(23)33(29)18-17-32-15-5-2-6-16-32/h1,3-4,7-12,19-21,30-31H,2,5-6,13-18,22H2. The van der Waals surface area contributed by atoms with Crippen LogP contribution in [0.15, 0.2) is 81.1 Å². The quantitative estimate of drug-likeness (QED) is 0.247. The molecular weight excluding hydrogens is 532 g/mol. The van der Waals surface area contributed by atoms with E-state index < -0.39 is 10.0 Å². The highest BCUT2D eigenvalue weighted by atomic mass is 32.2. The highest BCUT2D eigenvalue weighted by Gasteiger charge is 2.16. The Morgan fingerprint density at radius 2 is 1.69 bits per heavy atom. The second kappa shape index (κ2) is 12.9. The third-order valence-corrected chi connectivity index (χ3v) is 9.74. The van der Waals surface area contributed by atoms with Crippen molar-refractivity contribution in [2.24, 2.45) is 0 Å². The fraction of sp³-hybridized carbons (Fsp3) is 0.345. The highest BCUT2D eigenvalue weighted by molar-refractivity contribution is 7.91. The lowest BCUT2D eigenvalue weighted by Crippen LogP contribution is -2.36. The monoisotopic (exact) mass is 566 g/mol. The number of sulfonamides is 1. The molecule has 2 N–H and O–H groups in total. The Morgan fingerprint density at radius 3 is 2.46 bits per heavy atom. The van der Waals surface area contributed by atoms with E-state index in [0.29, 0.717) is 35.2 Å². The number of nitrogens with zero attached hydrogens (tertiary/aromatic N) is 2. The van der Waals surface area contributed by atoms with Crippen molar-refractivity contribution < 1.29 is 13.2 Å². The number of ether oxygens (including phenoxy) is 1. The van der Waals surface area contributed by atoms with Crippen molar-refractivity contribution in [2.45, 2.75) is 36.6 Å². The Hall–Kier alpha value is -3.02. The summed E-state index contributed by atoms with van der Waals surface area (Å²) in [6.45, 7) is 4.53. The lowest BCUT2D eigenvalue weighted by atomic mass is 10.1. The van der Waals surface area contributed by atoms with Crippen molar-refractivity contribution in [2.75, 3.05) is 32.7 Å². The minimum Gasteiger partial charge on any atom is -0.457 e. The van der Waals surface area contributed by atoms with Gasteiger partial charge in [0.1, 0.15) is 15.7 Å². The van der Waals surface area contributed by atoms with Gasteiger partial charge < -0.3 is 19.5 Å². The summed E-state index contributed by atoms with van der Waals surface area (Å²) in [5.74, 6) is 1.43. The van der Waals surface area contributed by atoms with Gasteiger partial charge in [0.2, 0.25) is 10.0 Å². The Labute approximate surface area is 233 Å². The molecule has 0 saturated carbocycles. The van der Waals surface area contributed by atoms with E-state index in [1.807, 2.05) is 59.2 Å². The molecule has 0 radical (unpaired) electrons. The first kappa shape index (κ1) is 27.5. The molecule has 0 spiro atoms. The summed E-state index contributed by atoms with van der Waals surface area (Å²) < 4.78 is 35.5. The molecule has 0 unspecified atom stereocenters. The molecule has 2 aromatic heterocycles. The minimum absolute atomic E-state index is 0.0389. The van der Waals surface area contributed by atoms with Crippen molar-refractivity contribution in [1.82, 2.24) is 19.5 Å². The number of rotatable bonds is 12. The van der Waals surface area contributed by atoms with Gasteiger partial charge in [-0.25, -0.2) is 13.1 Å². The molecule has 4 aromatic rings. The van der Waals surface area contributed by atoms with Gasteiger partial charge in [0.25, 0.3) is 5.56 Å². The van der Waals surface area contributed by atoms with Crippen molar-refractivity contribution >= 4 is 32.3 Å². The smallest absolute Gasteiger partial charge is 0.255 e. The molecule has 1 aliphatic heterocycles. The molecule has 10 heteroatoms. The SMILES string of the molecule is O=c1c(CNCCNS(=O)(=O)c2cccs2)cc2ccc(Oc3ccccc3)cc2n1CCN1CCCCC1. The molecule has 8 nitrogen and oxygen atoms in total. The summed E-state index contributed by atoms with van der Waals surface area (Å²) in [5.41, 5.74) is 1.46. The maximum absolute atomic E-state index is 13.7. The van der Waals surface area contributed by atoms with E-state index >= 15 is 0 Å². The van der Waals surface area contributed by atoms with Gasteiger partial charge in [-0.2, -0.15) is 0 Å². The van der Waals surface area contributed by atoms with E-state index in [4.69, 9.17) is 4.74 Å². The number of hydrogen-bond acceptors (Lipinski definition) is 7. The van der Waals surface area contributed by atoms with Crippen LogP contribution in [-0.4, -0.2) is 50.6 Å². The summed E-state index contributed by atoms with van der Waals surface area (Å²) >= 11 is 1.18. The Bertz CT molecular complexity index is 1530. The average molecular weight is 567 g/mol. The van der Waals surface area contributed by atoms with Gasteiger partial charge in [-0.1, -0.05) is 30.7 Å². The molecule has 206 valence electrons. The van der Waals surface area contributed by atoms with Gasteiger partial charge >= 0.3 is 0 Å². The van der Waals surface area contributed by atoms with Crippen molar-refractivity contribution in [3.8, 4) is 11.5 Å². The van der Waals surface area contributed by atoms with Gasteiger partial charge in [0.05, 0.1) is 5.52 Å². The third-order valence-electron chi connectivity index (χ3n) is 6.88. The number of pyridine rings is 1. The maximum atomic E-state index is 13.7. The fourth-order valence-electron chi connectivity index (χ4n) is 4.86. The second-order valence-corrected chi connectivity index (χ2v) is 12.6. The zero-order chi connectivity index (χ0) is 27.1. The maximum Gasteiger partial charge on any atom is 0.255 e. The number of para-hydroxylation sites is 1. The Kier molecular flexibility index (Phi) is 9.10. The van der Waals surface area contributed by atoms with E-state index in [2.05, 4.69) is 14.9 Å². The van der Waals surface area contributed by atoms with Crippen LogP contribution in [0.25, 0.3) is 10.9 Å². The van der Waals surface area contributed by atoms with Crippen LogP contribution in [0.5, 0.6) is 11.5 Å². The summed E-state index contributed by atoms with van der Waals surface area (Å²) in [7, 11) is -3.50. The van der Waals surface area contributed by atoms with E-state index in [0.717, 1.165) is 36.3 Å². The first-order valence-electron chi connectivity index (χ1n) is 13.4. The summed E-state index contributed by atoms with van der Waals surface area (Å²) in [6.07, 6.45) is 3.67. The highest BCUT2D eigenvalue weighted by Crippen LogP contribution is 2.26. The summed E-state index contributed by atoms with van der Waals surface area (Å²) in [4.78, 5) is 16.1. The molecule has 0 aliphatic carbocycles. The molecule has 39 heavy (non-hydrogen) atoms. The molecule has 0 amide bonds. The first-order valence-corrected chi connectivity index (χ1v) is 15.7. The second-order valence-electron chi connectivity index (χ2n) is 9.67. The van der Waals surface area contributed by atoms with Crippen LogP contribution in [-0.2, 0) is 23.1 Å². The van der Waals surface area contributed by atoms with Gasteiger partial charge in [0, 0.05) is 44.4 Å². The largest absolute Gasteiger partial charge is 0.457 e. The van der Waals surface area contributed by atoms with Crippen LogP contribution >= 0.6 is 11.3 Å². The predicted octanol–water partition coefficient (Wildman–Crippen LogP) is 4.41. The number of likely N-dealkylation sites (tertiary alicyclic amines) is 1. The molecule has 5 rings (SSSR count). The normalized spacial score (nSPS) is 14.6. The fourth-order valence-corrected chi connectivity index (χ4v) is 6.93. The van der Waals surface area contributed by atoms with Crippen molar-refractivity contribution in [3.05, 3.63) is 88.0 Å². The number of piperidine rings is 1. The van der Waals surface area contributed by atoms with Crippen LogP contribution in [0.4, 0.5) is 0 Å². The summed E-state index contributed by atoms with van der Waals surface area (Å²) in [5, 5.41) is 5.93. The van der Waals surface area contributed by atoms with Crippen molar-refractivity contribution in [1.29, 1.82) is 0 Å².